The number of cyclic esters (lactones) is 1. The Morgan fingerprint density at radius 2 is 1.88 bits per heavy atom. The second-order valence-electron chi connectivity index (χ2n) is 5.70. The van der Waals surface area contributed by atoms with E-state index in [4.69, 9.17) is 32.7 Å². The van der Waals surface area contributed by atoms with Gasteiger partial charge in [0.1, 0.15) is 15.8 Å². The first kappa shape index (κ1) is 18.5. The molecule has 1 aliphatic heterocycles. The fraction of sp³-hybridized carbons (Fsp3) is 0.200. The maximum Gasteiger partial charge on any atom is 0.356 e. The van der Waals surface area contributed by atoms with Gasteiger partial charge in [0.25, 0.3) is 0 Å². The normalized spacial score (nSPS) is 15.5. The van der Waals surface area contributed by atoms with Gasteiger partial charge in [0.05, 0.1) is 6.61 Å². The van der Waals surface area contributed by atoms with E-state index < -0.39 is 5.97 Å². The van der Waals surface area contributed by atoms with Gasteiger partial charge in [0.15, 0.2) is 5.76 Å². The first-order valence-electron chi connectivity index (χ1n) is 8.23. The number of hydrogen-bond donors (Lipinski definition) is 0. The van der Waals surface area contributed by atoms with E-state index in [2.05, 4.69) is 18.0 Å². The zero-order valence-electron chi connectivity index (χ0n) is 14.2. The molecule has 134 valence electrons. The van der Waals surface area contributed by atoms with Crippen LogP contribution in [0.2, 0.25) is 0 Å². The summed E-state index contributed by atoms with van der Waals surface area (Å²) in [6.07, 6.45) is 5.28. The van der Waals surface area contributed by atoms with E-state index in [1.807, 2.05) is 36.5 Å². The largest absolute Gasteiger partial charge is 0.493 e. The van der Waals surface area contributed by atoms with Crippen LogP contribution < -0.4 is 4.74 Å². The number of nitrogens with zero attached hydrogens (tertiary/aromatic N) is 1. The lowest BCUT2D eigenvalue weighted by Crippen LogP contribution is -2.03. The summed E-state index contributed by atoms with van der Waals surface area (Å²) in [4.78, 5) is 15.8. The van der Waals surface area contributed by atoms with Crippen molar-refractivity contribution in [2.24, 2.45) is 0 Å². The Hall–Kier alpha value is -2.30. The predicted molar refractivity (Wildman–Crippen MR) is 102 cm³/mol. The highest BCUT2D eigenvalue weighted by Gasteiger charge is 2.27. The van der Waals surface area contributed by atoms with E-state index in [1.165, 1.54) is 5.56 Å². The molecule has 2 aromatic rings. The van der Waals surface area contributed by atoms with E-state index in [9.17, 15) is 4.79 Å². The van der Waals surface area contributed by atoms with Gasteiger partial charge < -0.3 is 9.47 Å². The number of aromatic nitrogens is 1. The number of pyridine rings is 1. The summed E-state index contributed by atoms with van der Waals surface area (Å²) in [5, 5.41) is 0.0250. The number of carbonyl (C=O) groups is 1. The average molecular weight is 390 g/mol. The van der Waals surface area contributed by atoms with E-state index in [0.29, 0.717) is 6.61 Å². The standard InChI is InChI=1S/C20H17Cl2NO3/c1-2-13-3-6-15(23-12-13)9-10-25-16-7-4-14(5-8-16)11-17-18(21)19(22)20(24)26-17/h3-8,11-12H,2,9-10H2,1H3/b17-11-. The van der Waals surface area contributed by atoms with Crippen LogP contribution in [0, 0.1) is 0 Å². The van der Waals surface area contributed by atoms with Crippen molar-refractivity contribution in [2.45, 2.75) is 19.8 Å². The Morgan fingerprint density at radius 3 is 2.46 bits per heavy atom. The number of carbonyl (C=O) groups excluding carboxylic acids is 1. The molecular weight excluding hydrogens is 373 g/mol. The molecule has 1 aliphatic rings. The van der Waals surface area contributed by atoms with Crippen molar-refractivity contribution in [3.05, 3.63) is 75.2 Å². The molecule has 0 atom stereocenters. The molecule has 0 bridgehead atoms. The molecule has 0 fully saturated rings. The second-order valence-corrected chi connectivity index (χ2v) is 6.46. The summed E-state index contributed by atoms with van der Waals surface area (Å²) in [6, 6.07) is 11.5. The van der Waals surface area contributed by atoms with Crippen LogP contribution >= 0.6 is 23.2 Å². The summed E-state index contributed by atoms with van der Waals surface area (Å²) in [5.41, 5.74) is 3.05. The fourth-order valence-electron chi connectivity index (χ4n) is 2.38. The summed E-state index contributed by atoms with van der Waals surface area (Å²) in [6.45, 7) is 2.65. The highest BCUT2D eigenvalue weighted by atomic mass is 35.5. The minimum absolute atomic E-state index is 0.0987. The van der Waals surface area contributed by atoms with Gasteiger partial charge in [-0.05, 0) is 41.8 Å². The quantitative estimate of drug-likeness (QED) is 0.662. The lowest BCUT2D eigenvalue weighted by atomic mass is 10.2. The van der Waals surface area contributed by atoms with Crippen molar-refractivity contribution in [1.29, 1.82) is 0 Å². The van der Waals surface area contributed by atoms with E-state index >= 15 is 0 Å². The Balaban J connectivity index is 1.55. The summed E-state index contributed by atoms with van der Waals surface area (Å²) >= 11 is 11.7. The van der Waals surface area contributed by atoms with Gasteiger partial charge >= 0.3 is 5.97 Å². The molecule has 1 aromatic carbocycles. The van der Waals surface area contributed by atoms with Crippen LogP contribution in [0.5, 0.6) is 5.75 Å². The molecule has 0 spiro atoms. The van der Waals surface area contributed by atoms with Gasteiger partial charge in [-0.25, -0.2) is 4.79 Å². The monoisotopic (exact) mass is 389 g/mol. The summed E-state index contributed by atoms with van der Waals surface area (Å²) in [5.74, 6) is 0.362. The number of aryl methyl sites for hydroxylation is 1. The van der Waals surface area contributed by atoms with Crippen LogP contribution in [-0.4, -0.2) is 17.6 Å². The fourth-order valence-corrected chi connectivity index (χ4v) is 2.68. The number of esters is 1. The van der Waals surface area contributed by atoms with Crippen molar-refractivity contribution < 1.29 is 14.3 Å². The highest BCUT2D eigenvalue weighted by Crippen LogP contribution is 2.33. The number of halogens is 2. The van der Waals surface area contributed by atoms with Crippen molar-refractivity contribution in [3.63, 3.8) is 0 Å². The van der Waals surface area contributed by atoms with Crippen LogP contribution in [0.15, 0.2) is 58.4 Å². The molecule has 1 aromatic heterocycles. The lowest BCUT2D eigenvalue weighted by Gasteiger charge is -2.07. The minimum atomic E-state index is -0.636. The van der Waals surface area contributed by atoms with Crippen LogP contribution in [0.25, 0.3) is 6.08 Å². The molecule has 0 N–H and O–H groups in total. The summed E-state index contributed by atoms with van der Waals surface area (Å²) < 4.78 is 10.7. The first-order valence-corrected chi connectivity index (χ1v) is 8.98. The number of allylic oxidation sites excluding steroid dienone is 1. The predicted octanol–water partition coefficient (Wildman–Crippen LogP) is 4.85. The van der Waals surface area contributed by atoms with Crippen LogP contribution in [0.1, 0.15) is 23.7 Å². The number of rotatable bonds is 6. The molecule has 26 heavy (non-hydrogen) atoms. The van der Waals surface area contributed by atoms with Gasteiger partial charge in [0, 0.05) is 18.3 Å². The smallest absolute Gasteiger partial charge is 0.356 e. The lowest BCUT2D eigenvalue weighted by molar-refractivity contribution is -0.132. The van der Waals surface area contributed by atoms with E-state index in [0.717, 1.165) is 29.8 Å². The highest BCUT2D eigenvalue weighted by molar-refractivity contribution is 6.50. The van der Waals surface area contributed by atoms with Gasteiger partial charge in [-0.2, -0.15) is 0 Å². The molecule has 4 nitrogen and oxygen atoms in total. The third kappa shape index (κ3) is 4.45. The van der Waals surface area contributed by atoms with Crippen molar-refractivity contribution in [2.75, 3.05) is 6.61 Å². The molecular formula is C20H17Cl2NO3. The van der Waals surface area contributed by atoms with Crippen LogP contribution in [0.4, 0.5) is 0 Å². The topological polar surface area (TPSA) is 48.4 Å². The molecule has 0 amide bonds. The maximum atomic E-state index is 11.3. The van der Waals surface area contributed by atoms with Crippen LogP contribution in [0.3, 0.4) is 0 Å². The third-order valence-electron chi connectivity index (χ3n) is 3.89. The zero-order chi connectivity index (χ0) is 18.5. The van der Waals surface area contributed by atoms with Crippen molar-refractivity contribution in [3.8, 4) is 5.75 Å². The SMILES string of the molecule is CCc1ccc(CCOc2ccc(/C=C3\OC(=O)C(Cl)=C3Cl)cc2)nc1. The van der Waals surface area contributed by atoms with Gasteiger partial charge in [-0.1, -0.05) is 48.3 Å². The third-order valence-corrected chi connectivity index (χ3v) is 4.71. The van der Waals surface area contributed by atoms with Crippen LogP contribution in [-0.2, 0) is 22.4 Å². The maximum absolute atomic E-state index is 11.3. The second kappa shape index (κ2) is 8.39. The van der Waals surface area contributed by atoms with E-state index in [1.54, 1.807) is 6.08 Å². The number of benzene rings is 1. The van der Waals surface area contributed by atoms with Gasteiger partial charge in [-0.3, -0.25) is 4.98 Å². The Labute approximate surface area is 162 Å². The molecule has 0 aliphatic carbocycles. The van der Waals surface area contributed by atoms with Crippen molar-refractivity contribution >= 4 is 35.2 Å². The molecule has 2 heterocycles. The molecule has 0 saturated heterocycles. The molecule has 3 rings (SSSR count). The molecule has 0 radical (unpaired) electrons. The number of ether oxygens (including phenoxy) is 2. The Bertz CT molecular complexity index is 856. The zero-order valence-corrected chi connectivity index (χ0v) is 15.7. The molecule has 0 saturated carbocycles. The Kier molecular flexibility index (Phi) is 5.96. The minimum Gasteiger partial charge on any atom is -0.493 e. The van der Waals surface area contributed by atoms with E-state index in [-0.39, 0.29) is 15.8 Å². The number of hydrogen-bond acceptors (Lipinski definition) is 4. The van der Waals surface area contributed by atoms with Gasteiger partial charge in [-0.15, -0.1) is 0 Å². The summed E-state index contributed by atoms with van der Waals surface area (Å²) in [7, 11) is 0. The average Bonchev–Trinajstić information content (AvgIpc) is 2.90. The molecule has 6 heteroatoms. The van der Waals surface area contributed by atoms with Crippen molar-refractivity contribution in [1.82, 2.24) is 4.98 Å². The first-order chi connectivity index (χ1) is 12.6. The Morgan fingerprint density at radius 1 is 1.12 bits per heavy atom. The van der Waals surface area contributed by atoms with Gasteiger partial charge in [0.2, 0.25) is 0 Å². The molecule has 0 unspecified atom stereocenters.